The Bertz CT molecular complexity index is 495. The van der Waals surface area contributed by atoms with Crippen molar-refractivity contribution in [1.82, 2.24) is 0 Å². The predicted octanol–water partition coefficient (Wildman–Crippen LogP) is 3.43. The van der Waals surface area contributed by atoms with Crippen LogP contribution in [0.4, 0.5) is 0 Å². The Kier molecular flexibility index (Phi) is 3.01. The molecule has 0 aliphatic rings. The van der Waals surface area contributed by atoms with Gasteiger partial charge in [-0.1, -0.05) is 19.9 Å². The second-order valence-electron chi connectivity index (χ2n) is 4.80. The molecule has 2 rings (SSSR count). The third-order valence-corrected chi connectivity index (χ3v) is 2.70. The molecule has 0 spiro atoms. The maximum Gasteiger partial charge on any atom is 0.137 e. The fourth-order valence-corrected chi connectivity index (χ4v) is 2.05. The average Bonchev–Trinajstić information content (AvgIpc) is 2.59. The standard InChI is InChI=1S/C14H18O2/c1-9(2)4-13-7-12-6-11(8-15)5-10(3)14(12)16-13/h5-7,9,15H,4,8H2,1-3H3. The van der Waals surface area contributed by atoms with Crippen LogP contribution >= 0.6 is 0 Å². The predicted molar refractivity (Wildman–Crippen MR) is 65.4 cm³/mol. The van der Waals surface area contributed by atoms with E-state index in [1.807, 2.05) is 19.1 Å². The molecule has 2 heteroatoms. The Hall–Kier alpha value is -1.28. The minimum atomic E-state index is 0.0848. The zero-order valence-electron chi connectivity index (χ0n) is 10.1. The van der Waals surface area contributed by atoms with Crippen LogP contribution in [0.5, 0.6) is 0 Å². The van der Waals surface area contributed by atoms with Crippen molar-refractivity contribution in [1.29, 1.82) is 0 Å². The lowest BCUT2D eigenvalue weighted by molar-refractivity contribution is 0.282. The van der Waals surface area contributed by atoms with E-state index in [9.17, 15) is 0 Å². The SMILES string of the molecule is Cc1cc(CO)cc2cc(CC(C)C)oc12. The molecule has 1 aromatic heterocycles. The van der Waals surface area contributed by atoms with Crippen LogP contribution in [-0.2, 0) is 13.0 Å². The molecule has 86 valence electrons. The van der Waals surface area contributed by atoms with E-state index in [1.54, 1.807) is 0 Å². The van der Waals surface area contributed by atoms with Crippen molar-refractivity contribution in [2.75, 3.05) is 0 Å². The first-order valence-corrected chi connectivity index (χ1v) is 5.73. The Balaban J connectivity index is 2.48. The molecule has 1 N–H and O–H groups in total. The largest absolute Gasteiger partial charge is 0.461 e. The summed E-state index contributed by atoms with van der Waals surface area (Å²) in [6.07, 6.45) is 0.961. The molecule has 0 saturated heterocycles. The van der Waals surface area contributed by atoms with Gasteiger partial charge in [0.05, 0.1) is 6.61 Å². The van der Waals surface area contributed by atoms with E-state index in [0.29, 0.717) is 5.92 Å². The number of furan rings is 1. The maximum atomic E-state index is 9.14. The number of rotatable bonds is 3. The normalized spacial score (nSPS) is 11.6. The van der Waals surface area contributed by atoms with Crippen LogP contribution in [0.15, 0.2) is 22.6 Å². The molecule has 0 unspecified atom stereocenters. The summed E-state index contributed by atoms with van der Waals surface area (Å²) in [5, 5.41) is 10.2. The molecule has 0 aliphatic carbocycles. The highest BCUT2D eigenvalue weighted by Crippen LogP contribution is 2.26. The van der Waals surface area contributed by atoms with Gasteiger partial charge < -0.3 is 9.52 Å². The van der Waals surface area contributed by atoms with Crippen LogP contribution in [0.3, 0.4) is 0 Å². The number of hydrogen-bond acceptors (Lipinski definition) is 2. The van der Waals surface area contributed by atoms with Gasteiger partial charge in [-0.25, -0.2) is 0 Å². The third-order valence-electron chi connectivity index (χ3n) is 2.70. The van der Waals surface area contributed by atoms with Gasteiger partial charge in [0, 0.05) is 11.8 Å². The minimum absolute atomic E-state index is 0.0848. The highest BCUT2D eigenvalue weighted by Gasteiger charge is 2.08. The topological polar surface area (TPSA) is 33.4 Å². The van der Waals surface area contributed by atoms with E-state index in [1.165, 1.54) is 0 Å². The van der Waals surface area contributed by atoms with Crippen LogP contribution in [-0.4, -0.2) is 5.11 Å². The Labute approximate surface area is 95.9 Å². The summed E-state index contributed by atoms with van der Waals surface area (Å²) in [6, 6.07) is 6.06. The first-order chi connectivity index (χ1) is 7.60. The van der Waals surface area contributed by atoms with Gasteiger partial charge in [-0.05, 0) is 36.1 Å². The van der Waals surface area contributed by atoms with Crippen LogP contribution < -0.4 is 0 Å². The summed E-state index contributed by atoms with van der Waals surface area (Å²) in [5.74, 6) is 1.63. The zero-order chi connectivity index (χ0) is 11.7. The lowest BCUT2D eigenvalue weighted by atomic mass is 10.1. The highest BCUT2D eigenvalue weighted by atomic mass is 16.3. The highest BCUT2D eigenvalue weighted by molar-refractivity contribution is 5.81. The van der Waals surface area contributed by atoms with Crippen LogP contribution in [0.1, 0.15) is 30.7 Å². The van der Waals surface area contributed by atoms with Crippen molar-refractivity contribution in [3.05, 3.63) is 35.1 Å². The molecule has 0 bridgehead atoms. The lowest BCUT2D eigenvalue weighted by Gasteiger charge is -2.00. The molecule has 1 aromatic carbocycles. The van der Waals surface area contributed by atoms with E-state index in [4.69, 9.17) is 9.52 Å². The Morgan fingerprint density at radius 1 is 1.25 bits per heavy atom. The van der Waals surface area contributed by atoms with E-state index in [-0.39, 0.29) is 6.61 Å². The molecule has 2 nitrogen and oxygen atoms in total. The van der Waals surface area contributed by atoms with Crippen molar-refractivity contribution in [3.63, 3.8) is 0 Å². The molecule has 2 aromatic rings. The number of fused-ring (bicyclic) bond motifs is 1. The molecule has 0 amide bonds. The van der Waals surface area contributed by atoms with Gasteiger partial charge >= 0.3 is 0 Å². The maximum absolute atomic E-state index is 9.14. The number of benzene rings is 1. The molecule has 1 heterocycles. The van der Waals surface area contributed by atoms with Crippen LogP contribution in [0, 0.1) is 12.8 Å². The van der Waals surface area contributed by atoms with Crippen LogP contribution in [0.2, 0.25) is 0 Å². The van der Waals surface area contributed by atoms with Gasteiger partial charge in [-0.3, -0.25) is 0 Å². The van der Waals surface area contributed by atoms with Crippen molar-refractivity contribution < 1.29 is 9.52 Å². The summed E-state index contributed by atoms with van der Waals surface area (Å²) < 4.78 is 5.83. The summed E-state index contributed by atoms with van der Waals surface area (Å²) in [6.45, 7) is 6.46. The fraction of sp³-hybridized carbons (Fsp3) is 0.429. The molecule has 0 saturated carbocycles. The molecule has 0 atom stereocenters. The zero-order valence-corrected chi connectivity index (χ0v) is 10.1. The molecule has 16 heavy (non-hydrogen) atoms. The first kappa shape index (κ1) is 11.2. The minimum Gasteiger partial charge on any atom is -0.461 e. The van der Waals surface area contributed by atoms with Crippen molar-refractivity contribution in [2.24, 2.45) is 5.92 Å². The number of aliphatic hydroxyl groups excluding tert-OH is 1. The molecule has 0 aliphatic heterocycles. The molecule has 0 fully saturated rings. The third kappa shape index (κ3) is 2.12. The van der Waals surface area contributed by atoms with Crippen molar-refractivity contribution in [3.8, 4) is 0 Å². The van der Waals surface area contributed by atoms with Gasteiger partial charge in [0.25, 0.3) is 0 Å². The first-order valence-electron chi connectivity index (χ1n) is 5.73. The average molecular weight is 218 g/mol. The lowest BCUT2D eigenvalue weighted by Crippen LogP contribution is -1.90. The summed E-state index contributed by atoms with van der Waals surface area (Å²) in [5.41, 5.74) is 2.99. The monoisotopic (exact) mass is 218 g/mol. The molecular weight excluding hydrogens is 200 g/mol. The second-order valence-corrected chi connectivity index (χ2v) is 4.80. The van der Waals surface area contributed by atoms with E-state index >= 15 is 0 Å². The van der Waals surface area contributed by atoms with E-state index in [2.05, 4.69) is 19.9 Å². The second kappa shape index (κ2) is 4.30. The number of hydrogen-bond donors (Lipinski definition) is 1. The van der Waals surface area contributed by atoms with Gasteiger partial charge in [-0.2, -0.15) is 0 Å². The van der Waals surface area contributed by atoms with Gasteiger partial charge in [-0.15, -0.1) is 0 Å². The van der Waals surface area contributed by atoms with Crippen LogP contribution in [0.25, 0.3) is 11.0 Å². The van der Waals surface area contributed by atoms with Crippen molar-refractivity contribution in [2.45, 2.75) is 33.8 Å². The number of aryl methyl sites for hydroxylation is 1. The van der Waals surface area contributed by atoms with Gasteiger partial charge in [0.1, 0.15) is 11.3 Å². The summed E-state index contributed by atoms with van der Waals surface area (Å²) >= 11 is 0. The smallest absolute Gasteiger partial charge is 0.137 e. The number of aliphatic hydroxyl groups is 1. The molecular formula is C14H18O2. The summed E-state index contributed by atoms with van der Waals surface area (Å²) in [4.78, 5) is 0. The van der Waals surface area contributed by atoms with Gasteiger partial charge in [0.15, 0.2) is 0 Å². The van der Waals surface area contributed by atoms with Crippen molar-refractivity contribution >= 4 is 11.0 Å². The van der Waals surface area contributed by atoms with Gasteiger partial charge in [0.2, 0.25) is 0 Å². The Morgan fingerprint density at radius 3 is 2.62 bits per heavy atom. The Morgan fingerprint density at radius 2 is 2.00 bits per heavy atom. The summed E-state index contributed by atoms with van der Waals surface area (Å²) in [7, 11) is 0. The quantitative estimate of drug-likeness (QED) is 0.856. The molecule has 0 radical (unpaired) electrons. The van der Waals surface area contributed by atoms with E-state index in [0.717, 1.165) is 34.3 Å². The van der Waals surface area contributed by atoms with E-state index < -0.39 is 0 Å². The fourth-order valence-electron chi connectivity index (χ4n) is 2.05.